The van der Waals surface area contributed by atoms with E-state index in [0.717, 1.165) is 5.56 Å². The average molecular weight is 288 g/mol. The molecule has 0 radical (unpaired) electrons. The van der Waals surface area contributed by atoms with Crippen LogP contribution in [0.4, 0.5) is 0 Å². The van der Waals surface area contributed by atoms with Gasteiger partial charge in [-0.05, 0) is 24.5 Å². The number of fused-ring (bicyclic) bond motifs is 1. The van der Waals surface area contributed by atoms with Crippen LogP contribution in [-0.2, 0) is 16.1 Å². The minimum absolute atomic E-state index is 0.0238. The molecular formula is C16H20N2O3. The number of nitrogens with one attached hydrogen (secondary N) is 1. The first-order valence-electron chi connectivity index (χ1n) is 7.07. The lowest BCUT2D eigenvalue weighted by Gasteiger charge is -2.21. The Morgan fingerprint density at radius 2 is 1.95 bits per heavy atom. The van der Waals surface area contributed by atoms with E-state index in [1.165, 1.54) is 11.8 Å². The molecule has 1 atom stereocenters. The number of carbonyl (C=O) groups excluding carboxylic acids is 3. The van der Waals surface area contributed by atoms with E-state index >= 15 is 0 Å². The molecule has 1 aliphatic heterocycles. The first kappa shape index (κ1) is 15.2. The second-order valence-electron chi connectivity index (χ2n) is 5.72. The van der Waals surface area contributed by atoms with E-state index in [-0.39, 0.29) is 30.1 Å². The molecule has 2 amide bonds. The predicted octanol–water partition coefficient (Wildman–Crippen LogP) is 1.37. The SMILES string of the molecule is CC(=O)C(NC(=O)CN1Cc2ccccc2C1=O)C(C)C. The van der Waals surface area contributed by atoms with Gasteiger partial charge < -0.3 is 10.2 Å². The van der Waals surface area contributed by atoms with E-state index in [2.05, 4.69) is 5.32 Å². The van der Waals surface area contributed by atoms with Crippen molar-refractivity contribution in [3.8, 4) is 0 Å². The Morgan fingerprint density at radius 1 is 1.29 bits per heavy atom. The lowest BCUT2D eigenvalue weighted by molar-refractivity contribution is -0.128. The van der Waals surface area contributed by atoms with E-state index in [1.54, 1.807) is 6.07 Å². The average Bonchev–Trinajstić information content (AvgIpc) is 2.73. The summed E-state index contributed by atoms with van der Waals surface area (Å²) in [7, 11) is 0. The van der Waals surface area contributed by atoms with Gasteiger partial charge in [-0.15, -0.1) is 0 Å². The standard InChI is InChI=1S/C16H20N2O3/c1-10(2)15(11(3)19)17-14(20)9-18-8-12-6-4-5-7-13(12)16(18)21/h4-7,10,15H,8-9H2,1-3H3,(H,17,20). The number of rotatable bonds is 5. The molecule has 0 saturated carbocycles. The first-order valence-corrected chi connectivity index (χ1v) is 7.07. The maximum atomic E-state index is 12.2. The highest BCUT2D eigenvalue weighted by atomic mass is 16.2. The number of hydrogen-bond acceptors (Lipinski definition) is 3. The number of amides is 2. The minimum atomic E-state index is -0.502. The molecular weight excluding hydrogens is 268 g/mol. The Hall–Kier alpha value is -2.17. The lowest BCUT2D eigenvalue weighted by atomic mass is 10.0. The van der Waals surface area contributed by atoms with Gasteiger partial charge in [-0.2, -0.15) is 0 Å². The molecule has 0 aromatic heterocycles. The summed E-state index contributed by atoms with van der Waals surface area (Å²) >= 11 is 0. The Labute approximate surface area is 124 Å². The van der Waals surface area contributed by atoms with Crippen LogP contribution in [0.25, 0.3) is 0 Å². The Kier molecular flexibility index (Phi) is 4.40. The summed E-state index contributed by atoms with van der Waals surface area (Å²) in [5, 5.41) is 2.71. The van der Waals surface area contributed by atoms with Crippen molar-refractivity contribution in [1.82, 2.24) is 10.2 Å². The third kappa shape index (κ3) is 3.29. The Bertz CT molecular complexity index is 581. The van der Waals surface area contributed by atoms with E-state index in [1.807, 2.05) is 32.0 Å². The molecule has 0 fully saturated rings. The van der Waals surface area contributed by atoms with Crippen molar-refractivity contribution in [3.05, 3.63) is 35.4 Å². The van der Waals surface area contributed by atoms with Gasteiger partial charge in [0.25, 0.3) is 5.91 Å². The summed E-state index contributed by atoms with van der Waals surface area (Å²) < 4.78 is 0. The van der Waals surface area contributed by atoms with Crippen LogP contribution in [0.5, 0.6) is 0 Å². The third-order valence-corrected chi connectivity index (χ3v) is 3.65. The zero-order chi connectivity index (χ0) is 15.6. The highest BCUT2D eigenvalue weighted by Gasteiger charge is 2.29. The van der Waals surface area contributed by atoms with Crippen molar-refractivity contribution >= 4 is 17.6 Å². The molecule has 1 unspecified atom stereocenters. The van der Waals surface area contributed by atoms with Crippen LogP contribution >= 0.6 is 0 Å². The minimum Gasteiger partial charge on any atom is -0.345 e. The van der Waals surface area contributed by atoms with Crippen molar-refractivity contribution < 1.29 is 14.4 Å². The third-order valence-electron chi connectivity index (χ3n) is 3.65. The fourth-order valence-electron chi connectivity index (χ4n) is 2.57. The zero-order valence-corrected chi connectivity index (χ0v) is 12.6. The quantitative estimate of drug-likeness (QED) is 0.890. The molecule has 112 valence electrons. The second kappa shape index (κ2) is 6.08. The summed E-state index contributed by atoms with van der Waals surface area (Å²) in [5.41, 5.74) is 1.58. The van der Waals surface area contributed by atoms with Gasteiger partial charge in [-0.3, -0.25) is 14.4 Å². The number of hydrogen-bond donors (Lipinski definition) is 1. The summed E-state index contributed by atoms with van der Waals surface area (Å²) in [6.07, 6.45) is 0. The first-order chi connectivity index (χ1) is 9.90. The van der Waals surface area contributed by atoms with Crippen LogP contribution in [0.3, 0.4) is 0 Å². The number of ketones is 1. The van der Waals surface area contributed by atoms with Crippen LogP contribution in [0.1, 0.15) is 36.7 Å². The van der Waals surface area contributed by atoms with E-state index in [9.17, 15) is 14.4 Å². The van der Waals surface area contributed by atoms with Gasteiger partial charge in [0.15, 0.2) is 5.78 Å². The summed E-state index contributed by atoms with van der Waals surface area (Å²) in [4.78, 5) is 37.2. The maximum absolute atomic E-state index is 12.2. The molecule has 1 aromatic rings. The van der Waals surface area contributed by atoms with Gasteiger partial charge in [0, 0.05) is 12.1 Å². The topological polar surface area (TPSA) is 66.5 Å². The molecule has 1 N–H and O–H groups in total. The van der Waals surface area contributed by atoms with Gasteiger partial charge in [0.2, 0.25) is 5.91 Å². The van der Waals surface area contributed by atoms with Gasteiger partial charge in [-0.25, -0.2) is 0 Å². The maximum Gasteiger partial charge on any atom is 0.254 e. The van der Waals surface area contributed by atoms with Crippen molar-refractivity contribution in [1.29, 1.82) is 0 Å². The monoisotopic (exact) mass is 288 g/mol. The normalized spacial score (nSPS) is 15.0. The smallest absolute Gasteiger partial charge is 0.254 e. The predicted molar refractivity (Wildman–Crippen MR) is 78.6 cm³/mol. The van der Waals surface area contributed by atoms with Crippen LogP contribution in [0.2, 0.25) is 0 Å². The number of benzene rings is 1. The largest absolute Gasteiger partial charge is 0.345 e. The highest BCUT2D eigenvalue weighted by Crippen LogP contribution is 2.21. The summed E-state index contributed by atoms with van der Waals surface area (Å²) in [6.45, 7) is 5.63. The van der Waals surface area contributed by atoms with Crippen molar-refractivity contribution in [2.75, 3.05) is 6.54 Å². The van der Waals surface area contributed by atoms with Crippen LogP contribution < -0.4 is 5.32 Å². The fourth-order valence-corrected chi connectivity index (χ4v) is 2.57. The van der Waals surface area contributed by atoms with Crippen LogP contribution in [0, 0.1) is 5.92 Å². The molecule has 5 nitrogen and oxygen atoms in total. The summed E-state index contributed by atoms with van der Waals surface area (Å²) in [6, 6.07) is 6.84. The second-order valence-corrected chi connectivity index (χ2v) is 5.72. The van der Waals surface area contributed by atoms with Gasteiger partial charge in [0.1, 0.15) is 6.54 Å². The van der Waals surface area contributed by atoms with Crippen LogP contribution in [-0.4, -0.2) is 35.1 Å². The molecule has 1 heterocycles. The number of carbonyl (C=O) groups is 3. The Morgan fingerprint density at radius 3 is 2.52 bits per heavy atom. The van der Waals surface area contributed by atoms with Gasteiger partial charge in [0.05, 0.1) is 6.04 Å². The fraction of sp³-hybridized carbons (Fsp3) is 0.438. The molecule has 0 saturated heterocycles. The molecule has 1 aromatic carbocycles. The number of Topliss-reactive ketones (excluding diaryl/α,β-unsaturated/α-hetero) is 1. The van der Waals surface area contributed by atoms with E-state index in [0.29, 0.717) is 12.1 Å². The lowest BCUT2D eigenvalue weighted by Crippen LogP contribution is -2.47. The highest BCUT2D eigenvalue weighted by molar-refractivity contribution is 6.00. The molecule has 0 aliphatic carbocycles. The van der Waals surface area contributed by atoms with E-state index < -0.39 is 6.04 Å². The van der Waals surface area contributed by atoms with Gasteiger partial charge >= 0.3 is 0 Å². The molecule has 5 heteroatoms. The molecule has 2 rings (SSSR count). The van der Waals surface area contributed by atoms with Crippen LogP contribution in [0.15, 0.2) is 24.3 Å². The molecule has 0 spiro atoms. The zero-order valence-electron chi connectivity index (χ0n) is 12.6. The molecule has 0 bridgehead atoms. The van der Waals surface area contributed by atoms with Crippen molar-refractivity contribution in [2.24, 2.45) is 5.92 Å². The molecule has 21 heavy (non-hydrogen) atoms. The van der Waals surface area contributed by atoms with Crippen molar-refractivity contribution in [2.45, 2.75) is 33.4 Å². The summed E-state index contributed by atoms with van der Waals surface area (Å²) in [5.74, 6) is -0.484. The van der Waals surface area contributed by atoms with Crippen molar-refractivity contribution in [3.63, 3.8) is 0 Å². The molecule has 1 aliphatic rings. The van der Waals surface area contributed by atoms with E-state index in [4.69, 9.17) is 0 Å². The van der Waals surface area contributed by atoms with Gasteiger partial charge in [-0.1, -0.05) is 32.0 Å². The Balaban J connectivity index is 1.99. The number of nitrogens with zero attached hydrogens (tertiary/aromatic N) is 1.